The maximum atomic E-state index is 6.24. The van der Waals surface area contributed by atoms with E-state index < -0.39 is 0 Å². The minimum absolute atomic E-state index is 0.231. The van der Waals surface area contributed by atoms with Gasteiger partial charge < -0.3 is 10.5 Å². The molecule has 2 fully saturated rings. The quantitative estimate of drug-likeness (QED) is 0.753. The summed E-state index contributed by atoms with van der Waals surface area (Å²) in [6.07, 6.45) is 6.74. The van der Waals surface area contributed by atoms with Crippen molar-refractivity contribution in [1.29, 1.82) is 0 Å². The van der Waals surface area contributed by atoms with Crippen molar-refractivity contribution in [2.24, 2.45) is 17.1 Å². The molecule has 0 saturated heterocycles. The molecular formula is C12H23NO. The molecule has 2 unspecified atom stereocenters. The molecule has 2 heteroatoms. The van der Waals surface area contributed by atoms with Crippen LogP contribution < -0.4 is 5.73 Å². The van der Waals surface area contributed by atoms with Crippen LogP contribution in [0.3, 0.4) is 0 Å². The summed E-state index contributed by atoms with van der Waals surface area (Å²) in [5.74, 6) is 0.854. The predicted molar refractivity (Wildman–Crippen MR) is 58.1 cm³/mol. The summed E-state index contributed by atoms with van der Waals surface area (Å²) in [4.78, 5) is 0. The zero-order valence-corrected chi connectivity index (χ0v) is 9.46. The van der Waals surface area contributed by atoms with Gasteiger partial charge in [-0.05, 0) is 37.0 Å². The van der Waals surface area contributed by atoms with E-state index in [0.29, 0.717) is 6.10 Å². The van der Waals surface area contributed by atoms with Gasteiger partial charge in [0, 0.05) is 12.6 Å². The highest BCUT2D eigenvalue weighted by Gasteiger charge is 2.37. The van der Waals surface area contributed by atoms with Gasteiger partial charge in [-0.25, -0.2) is 0 Å². The first kappa shape index (κ1) is 10.4. The van der Waals surface area contributed by atoms with Crippen LogP contribution in [-0.2, 0) is 4.74 Å². The van der Waals surface area contributed by atoms with Gasteiger partial charge in [0.15, 0.2) is 0 Å². The van der Waals surface area contributed by atoms with Crippen LogP contribution in [0.2, 0.25) is 0 Å². The lowest BCUT2D eigenvalue weighted by atomic mass is 9.72. The topological polar surface area (TPSA) is 35.2 Å². The molecule has 0 aliphatic heterocycles. The Morgan fingerprint density at radius 3 is 2.64 bits per heavy atom. The largest absolute Gasteiger partial charge is 0.376 e. The second kappa shape index (κ2) is 3.82. The summed E-state index contributed by atoms with van der Waals surface area (Å²) >= 11 is 0. The number of hydrogen-bond acceptors (Lipinski definition) is 2. The Labute approximate surface area is 87.2 Å². The molecule has 0 radical (unpaired) electrons. The van der Waals surface area contributed by atoms with Crippen LogP contribution >= 0.6 is 0 Å². The fourth-order valence-corrected chi connectivity index (χ4v) is 2.34. The summed E-state index contributed by atoms with van der Waals surface area (Å²) < 4.78 is 5.93. The molecule has 2 aliphatic carbocycles. The molecule has 0 aromatic carbocycles. The van der Waals surface area contributed by atoms with E-state index in [4.69, 9.17) is 10.5 Å². The third-order valence-electron chi connectivity index (χ3n) is 3.86. The number of rotatable bonds is 3. The summed E-state index contributed by atoms with van der Waals surface area (Å²) in [5.41, 5.74) is 6.51. The van der Waals surface area contributed by atoms with Crippen molar-refractivity contribution in [3.8, 4) is 0 Å². The summed E-state index contributed by atoms with van der Waals surface area (Å²) in [6, 6.07) is 0.231. The van der Waals surface area contributed by atoms with Crippen LogP contribution in [0, 0.1) is 11.3 Å². The number of nitrogens with two attached hydrogens (primary N) is 1. The Bertz CT molecular complexity index is 198. The van der Waals surface area contributed by atoms with E-state index >= 15 is 0 Å². The van der Waals surface area contributed by atoms with Gasteiger partial charge in [-0.2, -0.15) is 0 Å². The number of hydrogen-bond donors (Lipinski definition) is 1. The summed E-state index contributed by atoms with van der Waals surface area (Å²) in [5, 5.41) is 0. The molecule has 2 aliphatic rings. The van der Waals surface area contributed by atoms with Crippen LogP contribution in [0.15, 0.2) is 0 Å². The van der Waals surface area contributed by atoms with Crippen molar-refractivity contribution in [2.75, 3.05) is 6.61 Å². The van der Waals surface area contributed by atoms with Crippen molar-refractivity contribution in [3.05, 3.63) is 0 Å². The van der Waals surface area contributed by atoms with Gasteiger partial charge in [0.25, 0.3) is 0 Å². The molecule has 0 amide bonds. The van der Waals surface area contributed by atoms with Crippen LogP contribution in [0.25, 0.3) is 0 Å². The molecule has 2 atom stereocenters. The first-order valence-corrected chi connectivity index (χ1v) is 5.97. The van der Waals surface area contributed by atoms with Gasteiger partial charge in [0.2, 0.25) is 0 Å². The first-order chi connectivity index (χ1) is 6.59. The van der Waals surface area contributed by atoms with E-state index in [1.54, 1.807) is 0 Å². The fourth-order valence-electron chi connectivity index (χ4n) is 2.34. The molecule has 0 spiro atoms. The third kappa shape index (κ3) is 2.29. The monoisotopic (exact) mass is 197 g/mol. The van der Waals surface area contributed by atoms with E-state index in [1.807, 2.05) is 0 Å². The molecule has 0 aromatic rings. The highest BCUT2D eigenvalue weighted by atomic mass is 16.5. The number of ether oxygens (including phenoxy) is 1. The lowest BCUT2D eigenvalue weighted by Crippen LogP contribution is -2.50. The Morgan fingerprint density at radius 1 is 1.29 bits per heavy atom. The van der Waals surface area contributed by atoms with Crippen LogP contribution in [0.4, 0.5) is 0 Å². The van der Waals surface area contributed by atoms with Gasteiger partial charge >= 0.3 is 0 Å². The summed E-state index contributed by atoms with van der Waals surface area (Å²) in [6.45, 7) is 5.49. The van der Waals surface area contributed by atoms with E-state index in [2.05, 4.69) is 13.8 Å². The van der Waals surface area contributed by atoms with Gasteiger partial charge in [-0.1, -0.05) is 20.3 Å². The first-order valence-electron chi connectivity index (χ1n) is 5.97. The zero-order chi connectivity index (χ0) is 10.2. The van der Waals surface area contributed by atoms with Gasteiger partial charge in [0.1, 0.15) is 0 Å². The minimum atomic E-state index is 0.231. The zero-order valence-electron chi connectivity index (χ0n) is 9.46. The third-order valence-corrected chi connectivity index (χ3v) is 3.86. The normalized spacial score (nSPS) is 37.1. The van der Waals surface area contributed by atoms with Gasteiger partial charge in [-0.3, -0.25) is 0 Å². The Morgan fingerprint density at radius 2 is 2.00 bits per heavy atom. The van der Waals surface area contributed by atoms with Crippen LogP contribution in [0.1, 0.15) is 46.0 Å². The standard InChI is InChI=1S/C12H23NO/c1-12(2)7-3-4-10(11(12)13)14-8-9-5-6-9/h9-11H,3-8,13H2,1-2H3. The molecule has 2 nitrogen and oxygen atoms in total. The van der Waals surface area contributed by atoms with E-state index in [0.717, 1.165) is 18.9 Å². The SMILES string of the molecule is CC1(C)CCCC(OCC2CC2)C1N. The van der Waals surface area contributed by atoms with Crippen molar-refractivity contribution in [1.82, 2.24) is 0 Å². The molecule has 2 saturated carbocycles. The lowest BCUT2D eigenvalue weighted by Gasteiger charge is -2.41. The van der Waals surface area contributed by atoms with Crippen molar-refractivity contribution in [2.45, 2.75) is 58.1 Å². The molecule has 0 heterocycles. The molecule has 0 aromatic heterocycles. The van der Waals surface area contributed by atoms with Crippen molar-refractivity contribution in [3.63, 3.8) is 0 Å². The molecule has 2 rings (SSSR count). The summed E-state index contributed by atoms with van der Waals surface area (Å²) in [7, 11) is 0. The lowest BCUT2D eigenvalue weighted by molar-refractivity contribution is -0.0284. The maximum absolute atomic E-state index is 6.24. The minimum Gasteiger partial charge on any atom is -0.376 e. The Hall–Kier alpha value is -0.0800. The van der Waals surface area contributed by atoms with E-state index in [1.165, 1.54) is 25.7 Å². The molecule has 82 valence electrons. The Kier molecular flexibility index (Phi) is 2.85. The Balaban J connectivity index is 1.83. The second-order valence-electron chi connectivity index (χ2n) is 5.72. The van der Waals surface area contributed by atoms with Crippen molar-refractivity contribution >= 4 is 0 Å². The maximum Gasteiger partial charge on any atom is 0.0731 e. The molecule has 0 bridgehead atoms. The second-order valence-corrected chi connectivity index (χ2v) is 5.72. The van der Waals surface area contributed by atoms with Gasteiger partial charge in [0.05, 0.1) is 6.10 Å². The average Bonchev–Trinajstić information content (AvgIpc) is 2.91. The van der Waals surface area contributed by atoms with Crippen LogP contribution in [-0.4, -0.2) is 18.8 Å². The van der Waals surface area contributed by atoms with Gasteiger partial charge in [-0.15, -0.1) is 0 Å². The predicted octanol–water partition coefficient (Wildman–Crippen LogP) is 2.32. The van der Waals surface area contributed by atoms with Crippen molar-refractivity contribution < 1.29 is 4.74 Å². The highest BCUT2D eigenvalue weighted by Crippen LogP contribution is 2.37. The smallest absolute Gasteiger partial charge is 0.0731 e. The van der Waals surface area contributed by atoms with E-state index in [9.17, 15) is 0 Å². The van der Waals surface area contributed by atoms with Crippen LogP contribution in [0.5, 0.6) is 0 Å². The average molecular weight is 197 g/mol. The molecular weight excluding hydrogens is 174 g/mol. The molecule has 2 N–H and O–H groups in total. The fraction of sp³-hybridized carbons (Fsp3) is 1.00. The molecule has 14 heavy (non-hydrogen) atoms. The van der Waals surface area contributed by atoms with E-state index in [-0.39, 0.29) is 11.5 Å². The highest BCUT2D eigenvalue weighted by molar-refractivity contribution is 4.92.